The molecule has 3 nitrogen and oxygen atoms in total. The monoisotopic (exact) mass is 278 g/mol. The van der Waals surface area contributed by atoms with Crippen LogP contribution >= 0.6 is 0 Å². The molecular formula is C9H15BF3KO3. The van der Waals surface area contributed by atoms with Gasteiger partial charge < -0.3 is 27.2 Å². The Balaban J connectivity index is 0.00000256. The molecule has 0 spiro atoms. The van der Waals surface area contributed by atoms with E-state index in [1.54, 1.807) is 13.8 Å². The van der Waals surface area contributed by atoms with E-state index in [2.05, 4.69) is 6.58 Å². The summed E-state index contributed by atoms with van der Waals surface area (Å²) in [6.07, 6.45) is -0.316. The molecule has 0 N–H and O–H groups in total. The van der Waals surface area contributed by atoms with Crippen LogP contribution in [0.5, 0.6) is 0 Å². The Hall–Kier alpha value is 1.11. The van der Waals surface area contributed by atoms with Gasteiger partial charge >= 0.3 is 58.4 Å². The maximum Gasteiger partial charge on any atom is 1.00 e. The van der Waals surface area contributed by atoms with Crippen LogP contribution in [0.4, 0.5) is 12.9 Å². The Morgan fingerprint density at radius 3 is 2.47 bits per heavy atom. The minimum Gasteiger partial charge on any atom is -0.445 e. The van der Waals surface area contributed by atoms with E-state index in [9.17, 15) is 12.9 Å². The maximum atomic E-state index is 12.1. The molecule has 1 aliphatic heterocycles. The van der Waals surface area contributed by atoms with Crippen LogP contribution < -0.4 is 51.4 Å². The Labute approximate surface area is 142 Å². The summed E-state index contributed by atoms with van der Waals surface area (Å²) in [5.41, 5.74) is -0.835. The van der Waals surface area contributed by atoms with Crippen molar-refractivity contribution in [1.82, 2.24) is 0 Å². The predicted octanol–water partition coefficient (Wildman–Crippen LogP) is -0.899. The zero-order valence-corrected chi connectivity index (χ0v) is 13.5. The van der Waals surface area contributed by atoms with E-state index in [4.69, 9.17) is 14.2 Å². The van der Waals surface area contributed by atoms with E-state index in [0.29, 0.717) is 6.61 Å². The van der Waals surface area contributed by atoms with Crippen molar-refractivity contribution >= 4 is 6.98 Å². The molecule has 94 valence electrons. The molecule has 0 aromatic carbocycles. The molecule has 0 saturated carbocycles. The first kappa shape index (κ1) is 18.1. The minimum atomic E-state index is -5.01. The minimum absolute atomic E-state index is 0. The van der Waals surface area contributed by atoms with Crippen molar-refractivity contribution < 1.29 is 78.5 Å². The van der Waals surface area contributed by atoms with Gasteiger partial charge in [-0.3, -0.25) is 0 Å². The fourth-order valence-corrected chi connectivity index (χ4v) is 1.26. The molecule has 0 amide bonds. The molecule has 0 aliphatic carbocycles. The third-order valence-corrected chi connectivity index (χ3v) is 2.12. The van der Waals surface area contributed by atoms with Crippen LogP contribution in [0.25, 0.3) is 0 Å². The van der Waals surface area contributed by atoms with Crippen LogP contribution in [-0.2, 0) is 14.2 Å². The quantitative estimate of drug-likeness (QED) is 0.610. The summed E-state index contributed by atoms with van der Waals surface area (Å²) in [5.74, 6) is -0.682. The summed E-state index contributed by atoms with van der Waals surface area (Å²) in [6.45, 7) is 1.30. The van der Waals surface area contributed by atoms with Crippen molar-refractivity contribution in [3.05, 3.63) is 12.1 Å². The molecule has 1 rings (SSSR count). The van der Waals surface area contributed by atoms with Crippen LogP contribution in [0.1, 0.15) is 13.8 Å². The van der Waals surface area contributed by atoms with Crippen LogP contribution in [0.2, 0.25) is 0 Å². The Kier molecular flexibility index (Phi) is 7.50. The van der Waals surface area contributed by atoms with Gasteiger partial charge in [-0.25, -0.2) is 0 Å². The summed E-state index contributed by atoms with van der Waals surface area (Å²) in [4.78, 5) is 0. The molecule has 0 aromatic rings. The summed E-state index contributed by atoms with van der Waals surface area (Å²) in [7, 11) is 0. The van der Waals surface area contributed by atoms with Gasteiger partial charge in [-0.1, -0.05) is 0 Å². The Morgan fingerprint density at radius 1 is 1.47 bits per heavy atom. The second-order valence-electron chi connectivity index (χ2n) is 4.20. The van der Waals surface area contributed by atoms with E-state index in [0.717, 1.165) is 0 Å². The van der Waals surface area contributed by atoms with Crippen molar-refractivity contribution in [3.63, 3.8) is 0 Å². The van der Waals surface area contributed by atoms with Gasteiger partial charge in [0, 0.05) is 6.61 Å². The summed E-state index contributed by atoms with van der Waals surface area (Å²) >= 11 is 0. The van der Waals surface area contributed by atoms with E-state index in [1.807, 2.05) is 0 Å². The first-order valence-corrected chi connectivity index (χ1v) is 4.98. The number of halogens is 3. The average molecular weight is 278 g/mol. The zero-order valence-electron chi connectivity index (χ0n) is 10.3. The number of ether oxygens (including phenoxy) is 3. The fourth-order valence-electron chi connectivity index (χ4n) is 1.26. The van der Waals surface area contributed by atoms with E-state index in [1.165, 1.54) is 0 Å². The SMILES string of the molecule is C=C(COCC1COC(C)(C)O1)[B-](F)(F)F.[K+]. The van der Waals surface area contributed by atoms with Gasteiger partial charge in [0.15, 0.2) is 5.79 Å². The molecule has 8 heteroatoms. The smallest absolute Gasteiger partial charge is 0.445 e. The van der Waals surface area contributed by atoms with Crippen LogP contribution in [0.15, 0.2) is 12.1 Å². The molecule has 0 aromatic heterocycles. The molecule has 17 heavy (non-hydrogen) atoms. The van der Waals surface area contributed by atoms with E-state index >= 15 is 0 Å². The van der Waals surface area contributed by atoms with Gasteiger partial charge in [0.05, 0.1) is 13.2 Å². The Morgan fingerprint density at radius 2 is 2.06 bits per heavy atom. The van der Waals surface area contributed by atoms with Crippen LogP contribution in [0.3, 0.4) is 0 Å². The third-order valence-electron chi connectivity index (χ3n) is 2.12. The molecule has 0 radical (unpaired) electrons. The zero-order chi connectivity index (χ0) is 12.4. The fraction of sp³-hybridized carbons (Fsp3) is 0.778. The number of rotatable bonds is 5. The first-order chi connectivity index (χ1) is 7.21. The summed E-state index contributed by atoms with van der Waals surface area (Å²) in [5, 5.41) is 0. The van der Waals surface area contributed by atoms with Gasteiger partial charge in [-0.05, 0) is 13.8 Å². The van der Waals surface area contributed by atoms with Crippen molar-refractivity contribution in [1.29, 1.82) is 0 Å². The maximum absolute atomic E-state index is 12.1. The van der Waals surface area contributed by atoms with Crippen LogP contribution in [0, 0.1) is 0 Å². The van der Waals surface area contributed by atoms with Gasteiger partial charge in [0.2, 0.25) is 0 Å². The van der Waals surface area contributed by atoms with Crippen molar-refractivity contribution in [2.45, 2.75) is 25.7 Å². The topological polar surface area (TPSA) is 27.7 Å². The molecule has 1 unspecified atom stereocenters. The van der Waals surface area contributed by atoms with Crippen molar-refractivity contribution in [3.8, 4) is 0 Å². The van der Waals surface area contributed by atoms with Crippen molar-refractivity contribution in [2.24, 2.45) is 0 Å². The molecule has 1 atom stereocenters. The second kappa shape index (κ2) is 7.04. The number of hydrogen-bond acceptors (Lipinski definition) is 3. The molecule has 1 aliphatic rings. The van der Waals surface area contributed by atoms with Crippen LogP contribution in [-0.4, -0.2) is 38.7 Å². The standard InChI is InChI=1S/C9H15BF3O3.K/c1-7(10(11,12)13)4-14-5-8-6-15-9(2,3)16-8;/h8H,1,4-6H2,2-3H3;/q-1;+1. The second-order valence-corrected chi connectivity index (χ2v) is 4.20. The molecule has 1 heterocycles. The third kappa shape index (κ3) is 6.72. The summed E-state index contributed by atoms with van der Waals surface area (Å²) in [6, 6.07) is 0. The van der Waals surface area contributed by atoms with Gasteiger partial charge in [0.1, 0.15) is 6.10 Å². The number of hydrogen-bond donors (Lipinski definition) is 0. The van der Waals surface area contributed by atoms with Gasteiger partial charge in [-0.2, -0.15) is 0 Å². The predicted molar refractivity (Wildman–Crippen MR) is 53.9 cm³/mol. The molecular weight excluding hydrogens is 263 g/mol. The normalized spacial score (nSPS) is 23.2. The first-order valence-electron chi connectivity index (χ1n) is 4.98. The molecule has 0 bridgehead atoms. The van der Waals surface area contributed by atoms with Gasteiger partial charge in [-0.15, -0.1) is 12.1 Å². The van der Waals surface area contributed by atoms with E-state index < -0.39 is 24.8 Å². The molecule has 1 fully saturated rings. The molecule has 1 saturated heterocycles. The summed E-state index contributed by atoms with van der Waals surface area (Å²) < 4.78 is 51.8. The largest absolute Gasteiger partial charge is 1.00 e. The average Bonchev–Trinajstić information content (AvgIpc) is 2.44. The van der Waals surface area contributed by atoms with Crippen molar-refractivity contribution in [2.75, 3.05) is 19.8 Å². The van der Waals surface area contributed by atoms with E-state index in [-0.39, 0.29) is 64.1 Å². The Bertz CT molecular complexity index is 271. The van der Waals surface area contributed by atoms with Gasteiger partial charge in [0.25, 0.3) is 0 Å².